The SMILES string of the molecule is CCCCc1cc(-c2nn[nH]n2)c(Cl)c(CCCC)c1-n1c(=O)c1=O. The van der Waals surface area contributed by atoms with Gasteiger partial charge in [-0.3, -0.25) is 9.59 Å². The molecule has 3 aromatic rings. The summed E-state index contributed by atoms with van der Waals surface area (Å²) in [4.78, 5) is 23.6. The molecule has 0 aliphatic heterocycles. The topological polar surface area (TPSA) is 93.5 Å². The Balaban J connectivity index is 2.23. The molecule has 8 heteroatoms. The lowest BCUT2D eigenvalue weighted by molar-refractivity contribution is 0.772. The number of halogens is 1. The van der Waals surface area contributed by atoms with Crippen LogP contribution in [-0.2, 0) is 12.8 Å². The van der Waals surface area contributed by atoms with Crippen LogP contribution >= 0.6 is 11.6 Å². The van der Waals surface area contributed by atoms with Crippen LogP contribution < -0.4 is 11.1 Å². The van der Waals surface area contributed by atoms with Crippen LogP contribution in [0.25, 0.3) is 17.1 Å². The lowest BCUT2D eigenvalue weighted by Gasteiger charge is -2.16. The highest BCUT2D eigenvalue weighted by atomic mass is 35.5. The summed E-state index contributed by atoms with van der Waals surface area (Å²) in [5, 5.41) is 14.6. The van der Waals surface area contributed by atoms with Crippen molar-refractivity contribution >= 4 is 11.6 Å². The molecule has 0 bridgehead atoms. The van der Waals surface area contributed by atoms with Crippen molar-refractivity contribution in [1.29, 1.82) is 0 Å². The van der Waals surface area contributed by atoms with Crippen molar-refractivity contribution in [2.45, 2.75) is 52.4 Å². The first kappa shape index (κ1) is 17.5. The second-order valence-corrected chi connectivity index (χ2v) is 6.49. The van der Waals surface area contributed by atoms with Crippen molar-refractivity contribution in [1.82, 2.24) is 25.2 Å². The molecule has 0 saturated carbocycles. The molecule has 0 aliphatic carbocycles. The lowest BCUT2D eigenvalue weighted by atomic mass is 9.95. The van der Waals surface area contributed by atoms with Gasteiger partial charge in [0.25, 0.3) is 0 Å². The monoisotopic (exact) mass is 361 g/mol. The molecule has 0 atom stereocenters. The van der Waals surface area contributed by atoms with Crippen LogP contribution in [0.2, 0.25) is 5.02 Å². The van der Waals surface area contributed by atoms with Gasteiger partial charge in [0.2, 0.25) is 5.82 Å². The molecule has 0 unspecified atom stereocenters. The van der Waals surface area contributed by atoms with Crippen molar-refractivity contribution in [3.05, 3.63) is 42.9 Å². The van der Waals surface area contributed by atoms with Crippen LogP contribution in [0.4, 0.5) is 0 Å². The number of aromatic nitrogens is 5. The second kappa shape index (κ2) is 7.31. The summed E-state index contributed by atoms with van der Waals surface area (Å²) >= 11 is 6.64. The molecule has 7 nitrogen and oxygen atoms in total. The third-order valence-electron chi connectivity index (χ3n) is 4.34. The lowest BCUT2D eigenvalue weighted by Crippen LogP contribution is -2.07. The van der Waals surface area contributed by atoms with Gasteiger partial charge in [-0.2, -0.15) is 5.21 Å². The zero-order chi connectivity index (χ0) is 18.0. The maximum atomic E-state index is 11.8. The fourth-order valence-corrected chi connectivity index (χ4v) is 3.28. The zero-order valence-corrected chi connectivity index (χ0v) is 15.1. The minimum atomic E-state index is -0.473. The van der Waals surface area contributed by atoms with Gasteiger partial charge < -0.3 is 0 Å². The Morgan fingerprint density at radius 3 is 2.36 bits per heavy atom. The minimum absolute atomic E-state index is 0.412. The Bertz CT molecular complexity index is 913. The molecule has 1 N–H and O–H groups in total. The third kappa shape index (κ3) is 3.28. The molecular weight excluding hydrogens is 342 g/mol. The molecule has 0 saturated heterocycles. The first-order chi connectivity index (χ1) is 12.1. The summed E-state index contributed by atoms with van der Waals surface area (Å²) in [5.41, 5.74) is 2.14. The number of rotatable bonds is 8. The summed E-state index contributed by atoms with van der Waals surface area (Å²) < 4.78 is 1.24. The molecule has 25 heavy (non-hydrogen) atoms. The highest BCUT2D eigenvalue weighted by molar-refractivity contribution is 6.34. The Hall–Kier alpha value is -2.28. The number of H-pyrrole nitrogens is 1. The normalized spacial score (nSPS) is 11.5. The third-order valence-corrected chi connectivity index (χ3v) is 4.77. The number of nitrogens with zero attached hydrogens (tertiary/aromatic N) is 4. The van der Waals surface area contributed by atoms with Crippen molar-refractivity contribution in [2.75, 3.05) is 0 Å². The van der Waals surface area contributed by atoms with Gasteiger partial charge >= 0.3 is 11.1 Å². The van der Waals surface area contributed by atoms with E-state index >= 15 is 0 Å². The molecule has 0 spiro atoms. The fourth-order valence-electron chi connectivity index (χ4n) is 2.96. The Morgan fingerprint density at radius 2 is 1.80 bits per heavy atom. The van der Waals surface area contributed by atoms with Gasteiger partial charge in [-0.25, -0.2) is 4.57 Å². The molecule has 2 aromatic heterocycles. The van der Waals surface area contributed by atoms with Gasteiger partial charge in [-0.05, 0) is 48.1 Å². The predicted octanol–water partition coefficient (Wildman–Crippen LogP) is 2.59. The molecule has 2 heterocycles. The Kier molecular flexibility index (Phi) is 5.13. The number of tetrazole rings is 1. The second-order valence-electron chi connectivity index (χ2n) is 6.11. The minimum Gasteiger partial charge on any atom is -0.262 e. The average molecular weight is 362 g/mol. The summed E-state index contributed by atoms with van der Waals surface area (Å²) in [5.74, 6) is 0.412. The maximum Gasteiger partial charge on any atom is 0.324 e. The van der Waals surface area contributed by atoms with Crippen molar-refractivity contribution in [3.8, 4) is 17.1 Å². The number of aromatic amines is 1. The smallest absolute Gasteiger partial charge is 0.262 e. The molecular formula is C17H20ClN5O2. The summed E-state index contributed by atoms with van der Waals surface area (Å²) in [6.45, 7) is 4.18. The van der Waals surface area contributed by atoms with E-state index in [1.54, 1.807) is 0 Å². The van der Waals surface area contributed by atoms with E-state index in [4.69, 9.17) is 11.6 Å². The van der Waals surface area contributed by atoms with Crippen LogP contribution in [0, 0.1) is 0 Å². The Morgan fingerprint density at radius 1 is 1.12 bits per heavy atom. The van der Waals surface area contributed by atoms with E-state index in [0.29, 0.717) is 28.5 Å². The van der Waals surface area contributed by atoms with Crippen molar-refractivity contribution in [3.63, 3.8) is 0 Å². The standard InChI is InChI=1S/C17H20ClN5O2/c1-3-5-7-10-9-12(15-19-21-22-20-15)13(18)11(8-6-4-2)14(10)23-16(24)17(23)25/h9H,3-8H2,1-2H3,(H,19,20,21,22). The summed E-state index contributed by atoms with van der Waals surface area (Å²) in [7, 11) is 0. The number of unbranched alkanes of at least 4 members (excludes halogenated alkanes) is 2. The molecule has 0 amide bonds. The number of nitrogens with one attached hydrogen (secondary N) is 1. The van der Waals surface area contributed by atoms with Gasteiger partial charge in [-0.1, -0.05) is 38.3 Å². The first-order valence-electron chi connectivity index (χ1n) is 8.56. The number of hydrogen-bond acceptors (Lipinski definition) is 5. The van der Waals surface area contributed by atoms with E-state index in [1.807, 2.05) is 6.07 Å². The largest absolute Gasteiger partial charge is 0.324 e. The van der Waals surface area contributed by atoms with Crippen LogP contribution in [0.1, 0.15) is 50.7 Å². The quantitative estimate of drug-likeness (QED) is 0.622. The Labute approximate surface area is 149 Å². The van der Waals surface area contributed by atoms with Gasteiger partial charge in [0, 0.05) is 5.56 Å². The highest BCUT2D eigenvalue weighted by Gasteiger charge is 2.27. The zero-order valence-electron chi connectivity index (χ0n) is 14.3. The average Bonchev–Trinajstić information content (AvgIpc) is 3.02. The van der Waals surface area contributed by atoms with E-state index < -0.39 is 11.1 Å². The van der Waals surface area contributed by atoms with Crippen LogP contribution in [-0.4, -0.2) is 25.2 Å². The molecule has 0 radical (unpaired) electrons. The predicted molar refractivity (Wildman–Crippen MR) is 96.1 cm³/mol. The van der Waals surface area contributed by atoms with E-state index in [0.717, 1.165) is 43.2 Å². The summed E-state index contributed by atoms with van der Waals surface area (Å²) in [6, 6.07) is 1.88. The van der Waals surface area contributed by atoms with Gasteiger partial charge in [0.15, 0.2) is 0 Å². The van der Waals surface area contributed by atoms with Gasteiger partial charge in [-0.15, -0.1) is 10.2 Å². The summed E-state index contributed by atoms with van der Waals surface area (Å²) in [6.07, 6.45) is 5.28. The maximum absolute atomic E-state index is 11.8. The molecule has 0 aliphatic rings. The van der Waals surface area contributed by atoms with Crippen LogP contribution in [0.15, 0.2) is 15.7 Å². The number of benzene rings is 1. The highest BCUT2D eigenvalue weighted by Crippen LogP contribution is 2.36. The van der Waals surface area contributed by atoms with Crippen LogP contribution in [0.5, 0.6) is 0 Å². The molecule has 132 valence electrons. The molecule has 0 fully saturated rings. The van der Waals surface area contributed by atoms with Crippen LogP contribution in [0.3, 0.4) is 0 Å². The fraction of sp³-hybridized carbons (Fsp3) is 0.471. The van der Waals surface area contributed by atoms with Gasteiger partial charge in [0.05, 0.1) is 10.7 Å². The number of hydrogen-bond donors (Lipinski definition) is 1. The van der Waals surface area contributed by atoms with Crippen molar-refractivity contribution in [2.24, 2.45) is 0 Å². The molecule has 1 aromatic carbocycles. The van der Waals surface area contributed by atoms with E-state index in [1.165, 1.54) is 4.57 Å². The number of aryl methyl sites for hydroxylation is 1. The van der Waals surface area contributed by atoms with E-state index in [9.17, 15) is 9.59 Å². The molecule has 3 rings (SSSR count). The first-order valence-corrected chi connectivity index (χ1v) is 8.94. The van der Waals surface area contributed by atoms with E-state index in [2.05, 4.69) is 34.5 Å². The van der Waals surface area contributed by atoms with Gasteiger partial charge in [0.1, 0.15) is 0 Å². The van der Waals surface area contributed by atoms with Crippen molar-refractivity contribution < 1.29 is 0 Å². The van der Waals surface area contributed by atoms with E-state index in [-0.39, 0.29) is 0 Å².